The third kappa shape index (κ3) is 3.11. The summed E-state index contributed by atoms with van der Waals surface area (Å²) in [5, 5.41) is 3.03. The number of hydrogen-bond donors (Lipinski definition) is 2. The van der Waals surface area contributed by atoms with Crippen LogP contribution in [-0.4, -0.2) is 16.9 Å². The molecule has 114 valence electrons. The van der Waals surface area contributed by atoms with E-state index in [9.17, 15) is 4.79 Å². The van der Waals surface area contributed by atoms with Gasteiger partial charge in [0.2, 0.25) is 5.91 Å². The average Bonchev–Trinajstić information content (AvgIpc) is 3.02. The second kappa shape index (κ2) is 7.07. The van der Waals surface area contributed by atoms with Crippen LogP contribution in [0.15, 0.2) is 5.51 Å². The van der Waals surface area contributed by atoms with Gasteiger partial charge in [0.05, 0.1) is 23.7 Å². The molecular weight excluding hydrogens is 317 g/mol. The van der Waals surface area contributed by atoms with Gasteiger partial charge in [-0.2, -0.15) is 0 Å². The Balaban J connectivity index is 0.000001000. The van der Waals surface area contributed by atoms with E-state index in [1.807, 2.05) is 12.4 Å². The number of fused-ring (bicyclic) bond motifs is 2. The molecule has 2 aliphatic rings. The number of halogens is 2. The SMILES string of the molecule is Cc1ncsc1CNC(=O)C1C2CCC(C2)C1N.Cl.Cl. The van der Waals surface area contributed by atoms with Crippen molar-refractivity contribution in [3.8, 4) is 0 Å². The molecule has 2 aliphatic carbocycles. The number of amides is 1. The fourth-order valence-electron chi connectivity index (χ4n) is 3.51. The molecule has 3 rings (SSSR count). The van der Waals surface area contributed by atoms with Crippen LogP contribution in [0.25, 0.3) is 0 Å². The number of carbonyl (C=O) groups is 1. The first kappa shape index (κ1) is 17.7. The molecule has 20 heavy (non-hydrogen) atoms. The van der Waals surface area contributed by atoms with Crippen molar-refractivity contribution in [1.29, 1.82) is 0 Å². The van der Waals surface area contributed by atoms with Gasteiger partial charge < -0.3 is 11.1 Å². The highest BCUT2D eigenvalue weighted by Crippen LogP contribution is 2.47. The molecule has 0 radical (unpaired) electrons. The molecule has 1 heterocycles. The molecule has 7 heteroatoms. The topological polar surface area (TPSA) is 68.0 Å². The number of hydrogen-bond acceptors (Lipinski definition) is 4. The van der Waals surface area contributed by atoms with Crippen LogP contribution >= 0.6 is 36.2 Å². The first-order valence-corrected chi connectivity index (χ1v) is 7.47. The smallest absolute Gasteiger partial charge is 0.225 e. The lowest BCUT2D eigenvalue weighted by atomic mass is 9.84. The third-order valence-electron chi connectivity index (χ3n) is 4.55. The summed E-state index contributed by atoms with van der Waals surface area (Å²) >= 11 is 1.59. The monoisotopic (exact) mass is 337 g/mol. The van der Waals surface area contributed by atoms with Gasteiger partial charge in [-0.3, -0.25) is 4.79 Å². The van der Waals surface area contributed by atoms with E-state index in [1.165, 1.54) is 12.8 Å². The minimum atomic E-state index is 0. The number of aromatic nitrogens is 1. The van der Waals surface area contributed by atoms with Crippen molar-refractivity contribution in [3.63, 3.8) is 0 Å². The Labute approximate surface area is 135 Å². The predicted octanol–water partition coefficient (Wildman–Crippen LogP) is 2.28. The van der Waals surface area contributed by atoms with Crippen LogP contribution in [0, 0.1) is 24.7 Å². The van der Waals surface area contributed by atoms with Gasteiger partial charge in [-0.1, -0.05) is 0 Å². The summed E-state index contributed by atoms with van der Waals surface area (Å²) in [5.74, 6) is 1.28. The summed E-state index contributed by atoms with van der Waals surface area (Å²) in [6.45, 7) is 2.57. The first-order valence-electron chi connectivity index (χ1n) is 6.59. The van der Waals surface area contributed by atoms with E-state index < -0.39 is 0 Å². The van der Waals surface area contributed by atoms with E-state index in [-0.39, 0.29) is 42.7 Å². The van der Waals surface area contributed by atoms with Crippen molar-refractivity contribution in [3.05, 3.63) is 16.1 Å². The molecule has 1 amide bonds. The van der Waals surface area contributed by atoms with Crippen molar-refractivity contribution in [2.75, 3.05) is 0 Å². The van der Waals surface area contributed by atoms with Gasteiger partial charge in [0.15, 0.2) is 0 Å². The van der Waals surface area contributed by atoms with Crippen molar-refractivity contribution >= 4 is 42.1 Å². The minimum Gasteiger partial charge on any atom is -0.351 e. The Hall–Kier alpha value is -0.360. The lowest BCUT2D eigenvalue weighted by molar-refractivity contribution is -0.127. The van der Waals surface area contributed by atoms with Gasteiger partial charge in [-0.05, 0) is 38.0 Å². The van der Waals surface area contributed by atoms with Gasteiger partial charge in [0, 0.05) is 10.9 Å². The van der Waals surface area contributed by atoms with Crippen molar-refractivity contribution in [2.24, 2.45) is 23.5 Å². The zero-order valence-electron chi connectivity index (χ0n) is 11.4. The standard InChI is InChI=1S/C13H19N3OS.2ClH/c1-7-10(18-6-16-7)5-15-13(17)11-8-2-3-9(4-8)12(11)14;;/h6,8-9,11-12H,2-5,14H2,1H3,(H,15,17);2*1H. The predicted molar refractivity (Wildman–Crippen MR) is 85.5 cm³/mol. The number of nitrogens with zero attached hydrogens (tertiary/aromatic N) is 1. The molecule has 2 fully saturated rings. The molecule has 4 atom stereocenters. The summed E-state index contributed by atoms with van der Waals surface area (Å²) in [6.07, 6.45) is 3.54. The van der Waals surface area contributed by atoms with Gasteiger partial charge in [0.1, 0.15) is 0 Å². The Morgan fingerprint density at radius 3 is 2.70 bits per heavy atom. The molecule has 1 aromatic rings. The Bertz CT molecular complexity index is 466. The van der Waals surface area contributed by atoms with E-state index in [1.54, 1.807) is 11.3 Å². The normalized spacial score (nSPS) is 30.5. The molecule has 0 aromatic carbocycles. The second-order valence-corrected chi connectivity index (χ2v) is 6.45. The largest absolute Gasteiger partial charge is 0.351 e. The Morgan fingerprint density at radius 1 is 1.45 bits per heavy atom. The molecule has 2 bridgehead atoms. The first-order chi connectivity index (χ1) is 8.66. The van der Waals surface area contributed by atoms with E-state index >= 15 is 0 Å². The van der Waals surface area contributed by atoms with Crippen molar-refractivity contribution < 1.29 is 4.79 Å². The molecule has 3 N–H and O–H groups in total. The zero-order valence-corrected chi connectivity index (χ0v) is 13.8. The minimum absolute atomic E-state index is 0. The van der Waals surface area contributed by atoms with E-state index in [2.05, 4.69) is 10.3 Å². The van der Waals surface area contributed by atoms with Crippen LogP contribution in [0.2, 0.25) is 0 Å². The summed E-state index contributed by atoms with van der Waals surface area (Å²) < 4.78 is 0. The number of nitrogens with one attached hydrogen (secondary N) is 1. The van der Waals surface area contributed by atoms with Crippen LogP contribution in [-0.2, 0) is 11.3 Å². The van der Waals surface area contributed by atoms with Crippen LogP contribution in [0.4, 0.5) is 0 Å². The lowest BCUT2D eigenvalue weighted by Gasteiger charge is -2.26. The maximum absolute atomic E-state index is 12.2. The maximum atomic E-state index is 12.2. The summed E-state index contributed by atoms with van der Waals surface area (Å²) in [7, 11) is 0. The summed E-state index contributed by atoms with van der Waals surface area (Å²) in [6, 6.07) is 0.0753. The molecular formula is C13H21Cl2N3OS. The molecule has 4 unspecified atom stereocenters. The quantitative estimate of drug-likeness (QED) is 0.888. The second-order valence-electron chi connectivity index (χ2n) is 5.52. The fourth-order valence-corrected chi connectivity index (χ4v) is 4.22. The van der Waals surface area contributed by atoms with E-state index in [4.69, 9.17) is 5.73 Å². The number of carbonyl (C=O) groups excluding carboxylic acids is 1. The molecule has 1 aromatic heterocycles. The van der Waals surface area contributed by atoms with Crippen LogP contribution in [0.1, 0.15) is 29.8 Å². The van der Waals surface area contributed by atoms with Gasteiger partial charge in [-0.15, -0.1) is 36.2 Å². The third-order valence-corrected chi connectivity index (χ3v) is 5.49. The fraction of sp³-hybridized carbons (Fsp3) is 0.692. The average molecular weight is 338 g/mol. The van der Waals surface area contributed by atoms with Crippen LogP contribution in [0.5, 0.6) is 0 Å². The summed E-state index contributed by atoms with van der Waals surface area (Å²) in [4.78, 5) is 17.6. The Kier molecular flexibility index (Phi) is 6.25. The van der Waals surface area contributed by atoms with Crippen molar-refractivity contribution in [2.45, 2.75) is 38.8 Å². The van der Waals surface area contributed by atoms with Crippen LogP contribution < -0.4 is 11.1 Å². The zero-order chi connectivity index (χ0) is 12.7. The lowest BCUT2D eigenvalue weighted by Crippen LogP contribution is -2.45. The van der Waals surface area contributed by atoms with E-state index in [0.717, 1.165) is 17.0 Å². The maximum Gasteiger partial charge on any atom is 0.225 e. The highest BCUT2D eigenvalue weighted by molar-refractivity contribution is 7.09. The van der Waals surface area contributed by atoms with Gasteiger partial charge >= 0.3 is 0 Å². The number of thiazole rings is 1. The molecule has 2 saturated carbocycles. The highest BCUT2D eigenvalue weighted by atomic mass is 35.5. The number of nitrogens with two attached hydrogens (primary N) is 1. The number of rotatable bonds is 3. The summed E-state index contributed by atoms with van der Waals surface area (Å²) in [5.41, 5.74) is 9.00. The molecule has 0 saturated heterocycles. The van der Waals surface area contributed by atoms with Crippen LogP contribution in [0.3, 0.4) is 0 Å². The van der Waals surface area contributed by atoms with E-state index in [0.29, 0.717) is 18.4 Å². The molecule has 0 aliphatic heterocycles. The highest BCUT2D eigenvalue weighted by Gasteiger charge is 2.48. The van der Waals surface area contributed by atoms with Crippen molar-refractivity contribution in [1.82, 2.24) is 10.3 Å². The number of aryl methyl sites for hydroxylation is 1. The molecule has 4 nitrogen and oxygen atoms in total. The molecule has 0 spiro atoms. The van der Waals surface area contributed by atoms with Gasteiger partial charge in [-0.25, -0.2) is 4.98 Å². The van der Waals surface area contributed by atoms with Gasteiger partial charge in [0.25, 0.3) is 0 Å². The Morgan fingerprint density at radius 2 is 2.15 bits per heavy atom.